The maximum Gasteiger partial charge on any atom is 0.159 e. The molecule has 7 nitrogen and oxygen atoms in total. The zero-order valence-corrected chi connectivity index (χ0v) is 16.2. The number of aromatic nitrogens is 5. The van der Waals surface area contributed by atoms with E-state index >= 15 is 0 Å². The summed E-state index contributed by atoms with van der Waals surface area (Å²) in [6, 6.07) is 12.2. The minimum Gasteiger partial charge on any atom is -0.342 e. The lowest BCUT2D eigenvalue weighted by molar-refractivity contribution is 0.233. The number of piperazine rings is 1. The van der Waals surface area contributed by atoms with E-state index in [2.05, 4.69) is 48.4 Å². The van der Waals surface area contributed by atoms with Crippen molar-refractivity contribution < 1.29 is 0 Å². The SMILES string of the molecule is c1cnc(-c2ccc3nc(Cc4cc(CN5CCNCC5)ccn4)[nH]c3c2)nc1. The largest absolute Gasteiger partial charge is 0.342 e. The molecular weight excluding hydrogens is 362 g/mol. The van der Waals surface area contributed by atoms with Crippen LogP contribution in [0.15, 0.2) is 55.0 Å². The Morgan fingerprint density at radius 1 is 0.931 bits per heavy atom. The molecule has 1 fully saturated rings. The Morgan fingerprint density at radius 2 is 1.79 bits per heavy atom. The summed E-state index contributed by atoms with van der Waals surface area (Å²) in [7, 11) is 0. The van der Waals surface area contributed by atoms with E-state index in [0.29, 0.717) is 12.2 Å². The van der Waals surface area contributed by atoms with Crippen molar-refractivity contribution in [2.45, 2.75) is 13.0 Å². The van der Waals surface area contributed by atoms with Crippen molar-refractivity contribution in [3.63, 3.8) is 0 Å². The van der Waals surface area contributed by atoms with Crippen LogP contribution in [-0.2, 0) is 13.0 Å². The summed E-state index contributed by atoms with van der Waals surface area (Å²) in [6.07, 6.45) is 6.09. The first-order valence-electron chi connectivity index (χ1n) is 9.96. The Morgan fingerprint density at radius 3 is 2.66 bits per heavy atom. The Kier molecular flexibility index (Phi) is 4.98. The van der Waals surface area contributed by atoms with E-state index in [-0.39, 0.29) is 0 Å². The molecule has 0 atom stereocenters. The summed E-state index contributed by atoms with van der Waals surface area (Å²) in [4.78, 5) is 23.8. The molecule has 3 aromatic heterocycles. The second-order valence-corrected chi connectivity index (χ2v) is 7.35. The number of hydrogen-bond acceptors (Lipinski definition) is 6. The molecule has 4 heterocycles. The smallest absolute Gasteiger partial charge is 0.159 e. The maximum atomic E-state index is 4.73. The van der Waals surface area contributed by atoms with Crippen LogP contribution in [0.3, 0.4) is 0 Å². The van der Waals surface area contributed by atoms with Crippen LogP contribution in [-0.4, -0.2) is 56.0 Å². The predicted octanol–water partition coefficient (Wildman–Crippen LogP) is 2.41. The highest BCUT2D eigenvalue weighted by molar-refractivity contribution is 5.80. The quantitative estimate of drug-likeness (QED) is 0.549. The van der Waals surface area contributed by atoms with Gasteiger partial charge >= 0.3 is 0 Å². The van der Waals surface area contributed by atoms with E-state index in [4.69, 9.17) is 4.98 Å². The Hall–Kier alpha value is -3.16. The van der Waals surface area contributed by atoms with Crippen LogP contribution in [0.4, 0.5) is 0 Å². The normalized spacial score (nSPS) is 15.0. The maximum absolute atomic E-state index is 4.73. The molecule has 0 unspecified atom stereocenters. The lowest BCUT2D eigenvalue weighted by atomic mass is 10.1. The third-order valence-electron chi connectivity index (χ3n) is 5.20. The molecule has 0 aliphatic carbocycles. The molecule has 0 radical (unpaired) electrons. The summed E-state index contributed by atoms with van der Waals surface area (Å²) in [5, 5.41) is 3.40. The summed E-state index contributed by atoms with van der Waals surface area (Å²) < 4.78 is 0. The molecule has 4 aromatic rings. The van der Waals surface area contributed by atoms with Gasteiger partial charge in [-0.2, -0.15) is 0 Å². The molecule has 0 spiro atoms. The van der Waals surface area contributed by atoms with E-state index in [0.717, 1.165) is 60.8 Å². The van der Waals surface area contributed by atoms with Crippen LogP contribution in [0.5, 0.6) is 0 Å². The first-order valence-corrected chi connectivity index (χ1v) is 9.96. The molecule has 29 heavy (non-hydrogen) atoms. The molecule has 2 N–H and O–H groups in total. The molecule has 0 bridgehead atoms. The number of aromatic amines is 1. The Bertz CT molecular complexity index is 1100. The van der Waals surface area contributed by atoms with E-state index in [1.807, 2.05) is 24.4 Å². The van der Waals surface area contributed by atoms with Crippen LogP contribution >= 0.6 is 0 Å². The van der Waals surface area contributed by atoms with Gasteiger partial charge in [0.05, 0.1) is 11.0 Å². The second-order valence-electron chi connectivity index (χ2n) is 7.35. The zero-order chi connectivity index (χ0) is 19.5. The summed E-state index contributed by atoms with van der Waals surface area (Å²) >= 11 is 0. The summed E-state index contributed by atoms with van der Waals surface area (Å²) in [6.45, 7) is 5.28. The number of nitrogens with zero attached hydrogens (tertiary/aromatic N) is 5. The number of H-pyrrole nitrogens is 1. The van der Waals surface area contributed by atoms with Crippen molar-refractivity contribution >= 4 is 11.0 Å². The van der Waals surface area contributed by atoms with E-state index in [9.17, 15) is 0 Å². The topological polar surface area (TPSA) is 82.6 Å². The average Bonchev–Trinajstić information content (AvgIpc) is 3.17. The van der Waals surface area contributed by atoms with Crippen LogP contribution < -0.4 is 5.32 Å². The Labute approximate surface area is 169 Å². The lowest BCUT2D eigenvalue weighted by Crippen LogP contribution is -2.42. The van der Waals surface area contributed by atoms with Crippen molar-refractivity contribution in [2.75, 3.05) is 26.2 Å². The van der Waals surface area contributed by atoms with Crippen molar-refractivity contribution in [3.8, 4) is 11.4 Å². The molecular formula is C22H23N7. The number of imidazole rings is 1. The van der Waals surface area contributed by atoms with Crippen molar-refractivity contribution in [2.24, 2.45) is 0 Å². The standard InChI is InChI=1S/C22H23N7/c1-5-25-22(26-6-1)17-2-3-19-20(13-17)28-21(27-19)14-18-12-16(4-7-24-18)15-29-10-8-23-9-11-29/h1-7,12-13,23H,8-11,14-15H2,(H,27,28). The molecule has 0 amide bonds. The van der Waals surface area contributed by atoms with Crippen LogP contribution in [0, 0.1) is 0 Å². The van der Waals surface area contributed by atoms with Gasteiger partial charge in [0.15, 0.2) is 5.82 Å². The monoisotopic (exact) mass is 385 g/mol. The van der Waals surface area contributed by atoms with Gasteiger partial charge in [0.2, 0.25) is 0 Å². The molecule has 5 rings (SSSR count). The zero-order valence-electron chi connectivity index (χ0n) is 16.2. The fourth-order valence-electron chi connectivity index (χ4n) is 3.76. The summed E-state index contributed by atoms with van der Waals surface area (Å²) in [5.74, 6) is 1.63. The van der Waals surface area contributed by atoms with Crippen molar-refractivity contribution in [3.05, 3.63) is 72.1 Å². The highest BCUT2D eigenvalue weighted by Gasteiger charge is 2.11. The minimum absolute atomic E-state index is 0.682. The lowest BCUT2D eigenvalue weighted by Gasteiger charge is -2.27. The fourth-order valence-corrected chi connectivity index (χ4v) is 3.76. The van der Waals surface area contributed by atoms with Gasteiger partial charge in [-0.25, -0.2) is 15.0 Å². The summed E-state index contributed by atoms with van der Waals surface area (Å²) in [5.41, 5.74) is 5.24. The molecule has 1 aliphatic heterocycles. The molecule has 7 heteroatoms. The minimum atomic E-state index is 0.682. The van der Waals surface area contributed by atoms with Gasteiger partial charge < -0.3 is 10.3 Å². The number of nitrogens with one attached hydrogen (secondary N) is 2. The number of fused-ring (bicyclic) bond motifs is 1. The van der Waals surface area contributed by atoms with Gasteiger partial charge in [0, 0.05) is 69.0 Å². The number of rotatable bonds is 5. The van der Waals surface area contributed by atoms with E-state index in [1.54, 1.807) is 12.4 Å². The Balaban J connectivity index is 1.34. The molecule has 146 valence electrons. The van der Waals surface area contributed by atoms with Gasteiger partial charge in [0.25, 0.3) is 0 Å². The molecule has 0 saturated carbocycles. The second kappa shape index (κ2) is 8.06. The van der Waals surface area contributed by atoms with Crippen LogP contribution in [0.1, 0.15) is 17.1 Å². The molecule has 1 aliphatic rings. The highest BCUT2D eigenvalue weighted by atomic mass is 15.2. The number of pyridine rings is 1. The molecule has 1 aromatic carbocycles. The van der Waals surface area contributed by atoms with E-state index in [1.165, 1.54) is 5.56 Å². The van der Waals surface area contributed by atoms with Crippen molar-refractivity contribution in [1.82, 2.24) is 35.1 Å². The predicted molar refractivity (Wildman–Crippen MR) is 112 cm³/mol. The van der Waals surface area contributed by atoms with E-state index < -0.39 is 0 Å². The van der Waals surface area contributed by atoms with Crippen LogP contribution in [0.25, 0.3) is 22.4 Å². The third kappa shape index (κ3) is 4.16. The highest BCUT2D eigenvalue weighted by Crippen LogP contribution is 2.21. The van der Waals surface area contributed by atoms with Gasteiger partial charge in [0.1, 0.15) is 5.82 Å². The first kappa shape index (κ1) is 17.9. The number of hydrogen-bond donors (Lipinski definition) is 2. The van der Waals surface area contributed by atoms with Gasteiger partial charge in [-0.1, -0.05) is 0 Å². The fraction of sp³-hybridized carbons (Fsp3) is 0.273. The average molecular weight is 385 g/mol. The van der Waals surface area contributed by atoms with Crippen LogP contribution in [0.2, 0.25) is 0 Å². The van der Waals surface area contributed by atoms with Gasteiger partial charge in [-0.3, -0.25) is 9.88 Å². The first-order chi connectivity index (χ1) is 14.3. The number of benzene rings is 1. The molecule has 1 saturated heterocycles. The third-order valence-corrected chi connectivity index (χ3v) is 5.20. The van der Waals surface area contributed by atoms with Crippen molar-refractivity contribution in [1.29, 1.82) is 0 Å². The van der Waals surface area contributed by atoms with Gasteiger partial charge in [-0.05, 0) is 42.0 Å². The van der Waals surface area contributed by atoms with Gasteiger partial charge in [-0.15, -0.1) is 0 Å².